The number of guanidine groups is 1. The van der Waals surface area contributed by atoms with Gasteiger partial charge in [0.05, 0.1) is 6.33 Å². The number of hydrazine groups is 1. The number of nitrogens with one attached hydrogen (secondary N) is 3. The molecule has 1 fully saturated rings. The number of hydrogen-bond donors (Lipinski definition) is 4. The molecule has 0 bridgehead atoms. The predicted octanol–water partition coefficient (Wildman–Crippen LogP) is 0.694. The number of aromatic amines is 1. The molecule has 0 amide bonds. The molecule has 6 heteroatoms. The van der Waals surface area contributed by atoms with Crippen molar-refractivity contribution >= 4 is 5.96 Å². The Labute approximate surface area is 107 Å². The maximum atomic E-state index is 5.49. The van der Waals surface area contributed by atoms with Crippen molar-refractivity contribution in [3.05, 3.63) is 18.2 Å². The van der Waals surface area contributed by atoms with Crippen LogP contribution < -0.4 is 16.6 Å². The van der Waals surface area contributed by atoms with Gasteiger partial charge in [-0.15, -0.1) is 0 Å². The Balaban J connectivity index is 1.76. The van der Waals surface area contributed by atoms with Gasteiger partial charge in [-0.05, 0) is 12.8 Å². The molecule has 1 aromatic heterocycles. The van der Waals surface area contributed by atoms with Gasteiger partial charge in [0.15, 0.2) is 0 Å². The Hall–Kier alpha value is -1.56. The summed E-state index contributed by atoms with van der Waals surface area (Å²) in [6, 6.07) is 0.515. The molecular weight excluding hydrogens is 228 g/mol. The number of nitrogens with zero attached hydrogens (tertiary/aromatic N) is 2. The third-order valence-corrected chi connectivity index (χ3v) is 3.29. The number of hydrogen-bond acceptors (Lipinski definition) is 3. The van der Waals surface area contributed by atoms with E-state index in [1.54, 1.807) is 6.33 Å². The number of aromatic nitrogens is 2. The highest BCUT2D eigenvalue weighted by Gasteiger charge is 2.13. The molecule has 1 aliphatic carbocycles. The molecule has 0 atom stereocenters. The molecule has 100 valence electrons. The van der Waals surface area contributed by atoms with Gasteiger partial charge in [-0.25, -0.2) is 10.8 Å². The molecule has 0 radical (unpaired) electrons. The second-order valence-corrected chi connectivity index (χ2v) is 4.68. The van der Waals surface area contributed by atoms with E-state index in [4.69, 9.17) is 5.84 Å². The van der Waals surface area contributed by atoms with Crippen molar-refractivity contribution in [2.75, 3.05) is 6.54 Å². The Morgan fingerprint density at radius 2 is 2.28 bits per heavy atom. The van der Waals surface area contributed by atoms with Gasteiger partial charge in [-0.2, -0.15) is 0 Å². The zero-order chi connectivity index (χ0) is 12.6. The first-order chi connectivity index (χ1) is 8.88. The van der Waals surface area contributed by atoms with Crippen LogP contribution in [0.4, 0.5) is 0 Å². The van der Waals surface area contributed by atoms with Crippen LogP contribution in [0, 0.1) is 0 Å². The van der Waals surface area contributed by atoms with E-state index in [2.05, 4.69) is 25.7 Å². The number of imidazole rings is 1. The highest BCUT2D eigenvalue weighted by molar-refractivity contribution is 5.79. The van der Waals surface area contributed by atoms with Gasteiger partial charge in [0, 0.05) is 30.9 Å². The smallest absolute Gasteiger partial charge is 0.205 e. The second-order valence-electron chi connectivity index (χ2n) is 4.68. The van der Waals surface area contributed by atoms with Crippen molar-refractivity contribution in [2.24, 2.45) is 10.8 Å². The van der Waals surface area contributed by atoms with Crippen LogP contribution in [0.25, 0.3) is 0 Å². The first-order valence-corrected chi connectivity index (χ1v) is 6.63. The summed E-state index contributed by atoms with van der Waals surface area (Å²) in [7, 11) is 0. The SMILES string of the molecule is NNC(=NCCc1cnc[nH]1)NC1CCCCC1. The number of nitrogens with two attached hydrogens (primary N) is 1. The normalized spacial score (nSPS) is 17.7. The molecule has 0 unspecified atom stereocenters. The average molecular weight is 250 g/mol. The summed E-state index contributed by atoms with van der Waals surface area (Å²) < 4.78 is 0. The third kappa shape index (κ3) is 4.03. The maximum absolute atomic E-state index is 5.49. The van der Waals surface area contributed by atoms with Crippen molar-refractivity contribution in [1.29, 1.82) is 0 Å². The van der Waals surface area contributed by atoms with E-state index in [1.807, 2.05) is 6.20 Å². The highest BCUT2D eigenvalue weighted by atomic mass is 15.3. The van der Waals surface area contributed by atoms with Gasteiger partial charge < -0.3 is 10.3 Å². The van der Waals surface area contributed by atoms with Gasteiger partial charge >= 0.3 is 0 Å². The van der Waals surface area contributed by atoms with Crippen LogP contribution in [0.3, 0.4) is 0 Å². The van der Waals surface area contributed by atoms with Crippen LogP contribution in [0.15, 0.2) is 17.5 Å². The van der Waals surface area contributed by atoms with Crippen LogP contribution >= 0.6 is 0 Å². The molecule has 6 nitrogen and oxygen atoms in total. The maximum Gasteiger partial charge on any atom is 0.205 e. The minimum absolute atomic E-state index is 0.515. The van der Waals surface area contributed by atoms with E-state index >= 15 is 0 Å². The summed E-state index contributed by atoms with van der Waals surface area (Å²) >= 11 is 0. The van der Waals surface area contributed by atoms with Crippen LogP contribution in [0.1, 0.15) is 37.8 Å². The fourth-order valence-corrected chi connectivity index (χ4v) is 2.28. The molecule has 2 rings (SSSR count). The fourth-order valence-electron chi connectivity index (χ4n) is 2.28. The van der Waals surface area contributed by atoms with Crippen molar-refractivity contribution in [1.82, 2.24) is 20.7 Å². The largest absolute Gasteiger partial charge is 0.353 e. The van der Waals surface area contributed by atoms with E-state index in [0.717, 1.165) is 12.1 Å². The van der Waals surface area contributed by atoms with Crippen molar-refractivity contribution in [3.8, 4) is 0 Å². The molecule has 1 aromatic rings. The molecule has 5 N–H and O–H groups in total. The number of aliphatic imine (C=N–C) groups is 1. The first-order valence-electron chi connectivity index (χ1n) is 6.63. The lowest BCUT2D eigenvalue weighted by atomic mass is 9.96. The first kappa shape index (κ1) is 12.9. The van der Waals surface area contributed by atoms with Crippen molar-refractivity contribution < 1.29 is 0 Å². The molecular formula is C12H22N6. The minimum atomic E-state index is 0.515. The van der Waals surface area contributed by atoms with Crippen LogP contribution in [-0.4, -0.2) is 28.5 Å². The Bertz CT molecular complexity index is 353. The standard InChI is InChI=1S/C12H22N6/c13-18-12(17-10-4-2-1-3-5-10)15-7-6-11-8-14-9-16-11/h8-10H,1-7,13H2,(H,14,16)(H2,15,17,18). The van der Waals surface area contributed by atoms with E-state index in [9.17, 15) is 0 Å². The monoisotopic (exact) mass is 250 g/mol. The van der Waals surface area contributed by atoms with Gasteiger partial charge in [-0.1, -0.05) is 19.3 Å². The average Bonchev–Trinajstić information content (AvgIpc) is 2.92. The molecule has 1 heterocycles. The van der Waals surface area contributed by atoms with Crippen molar-refractivity contribution in [2.45, 2.75) is 44.6 Å². The summed E-state index contributed by atoms with van der Waals surface area (Å²) in [5.74, 6) is 6.18. The summed E-state index contributed by atoms with van der Waals surface area (Å²) in [5, 5.41) is 3.37. The van der Waals surface area contributed by atoms with Crippen LogP contribution in [0.2, 0.25) is 0 Å². The fraction of sp³-hybridized carbons (Fsp3) is 0.667. The van der Waals surface area contributed by atoms with E-state index < -0.39 is 0 Å². The third-order valence-electron chi connectivity index (χ3n) is 3.29. The van der Waals surface area contributed by atoms with Crippen LogP contribution in [-0.2, 0) is 6.42 Å². The predicted molar refractivity (Wildman–Crippen MR) is 71.9 cm³/mol. The summed E-state index contributed by atoms with van der Waals surface area (Å²) in [6.07, 6.45) is 10.7. The lowest BCUT2D eigenvalue weighted by Gasteiger charge is -2.24. The zero-order valence-corrected chi connectivity index (χ0v) is 10.7. The summed E-state index contributed by atoms with van der Waals surface area (Å²) in [6.45, 7) is 0.696. The summed E-state index contributed by atoms with van der Waals surface area (Å²) in [4.78, 5) is 11.5. The van der Waals surface area contributed by atoms with Gasteiger partial charge in [0.2, 0.25) is 5.96 Å². The van der Waals surface area contributed by atoms with Gasteiger partial charge in [0.1, 0.15) is 0 Å². The lowest BCUT2D eigenvalue weighted by molar-refractivity contribution is 0.410. The topological polar surface area (TPSA) is 91.1 Å². The molecule has 0 saturated heterocycles. The lowest BCUT2D eigenvalue weighted by Crippen LogP contribution is -2.47. The molecule has 1 aliphatic rings. The molecule has 1 saturated carbocycles. The second kappa shape index (κ2) is 7.00. The quantitative estimate of drug-likeness (QED) is 0.274. The Morgan fingerprint density at radius 1 is 1.44 bits per heavy atom. The Kier molecular flexibility index (Phi) is 5.01. The van der Waals surface area contributed by atoms with Crippen molar-refractivity contribution in [3.63, 3.8) is 0 Å². The van der Waals surface area contributed by atoms with Gasteiger partial charge in [-0.3, -0.25) is 10.4 Å². The highest BCUT2D eigenvalue weighted by Crippen LogP contribution is 2.17. The van der Waals surface area contributed by atoms with E-state index in [1.165, 1.54) is 32.1 Å². The minimum Gasteiger partial charge on any atom is -0.353 e. The molecule has 0 aromatic carbocycles. The molecule has 18 heavy (non-hydrogen) atoms. The summed E-state index contributed by atoms with van der Waals surface area (Å²) in [5.41, 5.74) is 3.73. The van der Waals surface area contributed by atoms with Gasteiger partial charge in [0.25, 0.3) is 0 Å². The van der Waals surface area contributed by atoms with Crippen LogP contribution in [0.5, 0.6) is 0 Å². The van der Waals surface area contributed by atoms with E-state index in [-0.39, 0.29) is 0 Å². The molecule has 0 aliphatic heterocycles. The molecule has 0 spiro atoms. The zero-order valence-electron chi connectivity index (χ0n) is 10.7. The van der Waals surface area contributed by atoms with E-state index in [0.29, 0.717) is 18.5 Å². The Morgan fingerprint density at radius 3 is 2.94 bits per heavy atom. The number of rotatable bonds is 4. The number of H-pyrrole nitrogens is 1.